The predicted octanol–water partition coefficient (Wildman–Crippen LogP) is 2.72. The van der Waals surface area contributed by atoms with Gasteiger partial charge in [-0.05, 0) is 31.2 Å². The van der Waals surface area contributed by atoms with Crippen molar-refractivity contribution in [2.45, 2.75) is 18.0 Å². The Bertz CT molecular complexity index is 738. The quantitative estimate of drug-likeness (QED) is 0.908. The molecule has 0 amide bonds. The van der Waals surface area contributed by atoms with Crippen LogP contribution in [-0.2, 0) is 10.0 Å². The zero-order valence-electron chi connectivity index (χ0n) is 11.2. The molecule has 0 radical (unpaired) electrons. The highest BCUT2D eigenvalue weighted by Crippen LogP contribution is 2.21. The Morgan fingerprint density at radius 2 is 1.91 bits per heavy atom. The molecule has 10 heteroatoms. The standard InChI is InChI=1S/C12H11F3N2O4S/c1-8-6-11(16-21-8)17-22(18,19)10-4-2-9(3-5-10)20-7-12(13,14)15/h2-6H,7H2,1H3,(H,16,17). The molecule has 1 aromatic carbocycles. The molecule has 0 unspecified atom stereocenters. The van der Waals surface area contributed by atoms with Crippen LogP contribution in [0.25, 0.3) is 0 Å². The minimum atomic E-state index is -4.46. The molecule has 1 N–H and O–H groups in total. The van der Waals surface area contributed by atoms with Crippen LogP contribution in [-0.4, -0.2) is 26.4 Å². The molecule has 0 saturated heterocycles. The van der Waals surface area contributed by atoms with Gasteiger partial charge in [-0.3, -0.25) is 4.72 Å². The highest BCUT2D eigenvalue weighted by molar-refractivity contribution is 7.92. The Balaban J connectivity index is 2.08. The number of sulfonamides is 1. The van der Waals surface area contributed by atoms with Crippen LogP contribution in [0.2, 0.25) is 0 Å². The van der Waals surface area contributed by atoms with Crippen LogP contribution in [0.5, 0.6) is 5.75 Å². The average molecular weight is 336 g/mol. The fraction of sp³-hybridized carbons (Fsp3) is 0.250. The van der Waals surface area contributed by atoms with Crippen molar-refractivity contribution in [2.75, 3.05) is 11.3 Å². The number of rotatable bonds is 5. The van der Waals surface area contributed by atoms with E-state index in [9.17, 15) is 21.6 Å². The van der Waals surface area contributed by atoms with Crippen LogP contribution in [0.4, 0.5) is 19.0 Å². The minimum Gasteiger partial charge on any atom is -0.484 e. The first kappa shape index (κ1) is 16.1. The molecule has 120 valence electrons. The number of ether oxygens (including phenoxy) is 1. The van der Waals surface area contributed by atoms with Crippen molar-refractivity contribution < 1.29 is 30.8 Å². The first-order chi connectivity index (χ1) is 10.2. The summed E-state index contributed by atoms with van der Waals surface area (Å²) in [7, 11) is -3.91. The number of hydrogen-bond acceptors (Lipinski definition) is 5. The number of alkyl halides is 3. The van der Waals surface area contributed by atoms with E-state index in [4.69, 9.17) is 4.52 Å². The number of nitrogens with one attached hydrogen (secondary N) is 1. The normalized spacial score (nSPS) is 12.2. The molecule has 0 fully saturated rings. The molecule has 2 rings (SSSR count). The first-order valence-corrected chi connectivity index (χ1v) is 7.40. The maximum Gasteiger partial charge on any atom is 0.422 e. The molecule has 6 nitrogen and oxygen atoms in total. The molecule has 0 spiro atoms. The number of aromatic nitrogens is 1. The van der Waals surface area contributed by atoms with Gasteiger partial charge in [0.2, 0.25) is 0 Å². The lowest BCUT2D eigenvalue weighted by molar-refractivity contribution is -0.153. The maximum absolute atomic E-state index is 12.0. The smallest absolute Gasteiger partial charge is 0.422 e. The second-order valence-electron chi connectivity index (χ2n) is 4.30. The van der Waals surface area contributed by atoms with E-state index in [0.717, 1.165) is 24.3 Å². The molecule has 2 aromatic rings. The third-order valence-electron chi connectivity index (χ3n) is 2.40. The molecular weight excluding hydrogens is 325 g/mol. The van der Waals surface area contributed by atoms with Gasteiger partial charge in [-0.1, -0.05) is 5.16 Å². The second kappa shape index (κ2) is 5.87. The van der Waals surface area contributed by atoms with Crippen molar-refractivity contribution in [3.8, 4) is 5.75 Å². The van der Waals surface area contributed by atoms with Crippen molar-refractivity contribution in [1.82, 2.24) is 5.16 Å². The topological polar surface area (TPSA) is 81.4 Å². The number of halogens is 3. The van der Waals surface area contributed by atoms with Crippen LogP contribution in [0.1, 0.15) is 5.76 Å². The summed E-state index contributed by atoms with van der Waals surface area (Å²) in [5, 5.41) is 3.49. The second-order valence-corrected chi connectivity index (χ2v) is 5.99. The summed E-state index contributed by atoms with van der Waals surface area (Å²) >= 11 is 0. The molecule has 0 saturated carbocycles. The van der Waals surface area contributed by atoms with Gasteiger partial charge in [0.15, 0.2) is 12.4 Å². The largest absolute Gasteiger partial charge is 0.484 e. The summed E-state index contributed by atoms with van der Waals surface area (Å²) in [6.07, 6.45) is -4.46. The SMILES string of the molecule is Cc1cc(NS(=O)(=O)c2ccc(OCC(F)(F)F)cc2)no1. The third kappa shape index (κ3) is 4.38. The number of aryl methyl sites for hydroxylation is 1. The Hall–Kier alpha value is -2.23. The highest BCUT2D eigenvalue weighted by atomic mass is 32.2. The molecule has 0 aliphatic heterocycles. The monoisotopic (exact) mass is 336 g/mol. The third-order valence-corrected chi connectivity index (χ3v) is 3.77. The van der Waals surface area contributed by atoms with E-state index >= 15 is 0 Å². The average Bonchev–Trinajstić information content (AvgIpc) is 2.81. The van der Waals surface area contributed by atoms with E-state index in [2.05, 4.69) is 14.6 Å². The molecule has 0 atom stereocenters. The van der Waals surface area contributed by atoms with E-state index in [0.29, 0.717) is 5.76 Å². The van der Waals surface area contributed by atoms with Gasteiger partial charge in [0, 0.05) is 6.07 Å². The Morgan fingerprint density at radius 1 is 1.27 bits per heavy atom. The van der Waals surface area contributed by atoms with Crippen molar-refractivity contribution in [3.63, 3.8) is 0 Å². The summed E-state index contributed by atoms with van der Waals surface area (Å²) in [6.45, 7) is 0.146. The lowest BCUT2D eigenvalue weighted by Crippen LogP contribution is -2.19. The van der Waals surface area contributed by atoms with Gasteiger partial charge >= 0.3 is 6.18 Å². The van der Waals surface area contributed by atoms with Crippen molar-refractivity contribution in [2.24, 2.45) is 0 Å². The molecular formula is C12H11F3N2O4S. The number of benzene rings is 1. The Kier molecular flexibility index (Phi) is 4.31. The van der Waals surface area contributed by atoms with Crippen LogP contribution in [0.3, 0.4) is 0 Å². The van der Waals surface area contributed by atoms with Crippen LogP contribution >= 0.6 is 0 Å². The maximum atomic E-state index is 12.0. The summed E-state index contributed by atoms with van der Waals surface area (Å²) in [4.78, 5) is -0.146. The molecule has 22 heavy (non-hydrogen) atoms. The van der Waals surface area contributed by atoms with E-state index in [-0.39, 0.29) is 16.5 Å². The van der Waals surface area contributed by atoms with Gasteiger partial charge < -0.3 is 9.26 Å². The number of anilines is 1. The minimum absolute atomic E-state index is 0.00916. The summed E-state index contributed by atoms with van der Waals surface area (Å²) in [6, 6.07) is 5.91. The van der Waals surface area contributed by atoms with Crippen LogP contribution < -0.4 is 9.46 Å². The highest BCUT2D eigenvalue weighted by Gasteiger charge is 2.28. The van der Waals surface area contributed by atoms with E-state index in [1.54, 1.807) is 6.92 Å². The predicted molar refractivity (Wildman–Crippen MR) is 70.0 cm³/mol. The molecule has 0 aliphatic carbocycles. The van der Waals surface area contributed by atoms with E-state index in [1.165, 1.54) is 6.07 Å². The lowest BCUT2D eigenvalue weighted by Gasteiger charge is -2.10. The molecule has 0 bridgehead atoms. The van der Waals surface area contributed by atoms with Gasteiger partial charge in [-0.25, -0.2) is 8.42 Å². The first-order valence-electron chi connectivity index (χ1n) is 5.91. The number of nitrogens with zero attached hydrogens (tertiary/aromatic N) is 1. The van der Waals surface area contributed by atoms with Gasteiger partial charge in [0.1, 0.15) is 11.5 Å². The Morgan fingerprint density at radius 3 is 2.41 bits per heavy atom. The summed E-state index contributed by atoms with van der Waals surface area (Å²) < 4.78 is 71.5. The summed E-state index contributed by atoms with van der Waals surface area (Å²) in [5.41, 5.74) is 0. The Labute approximate surface area is 123 Å². The van der Waals surface area contributed by atoms with Crippen molar-refractivity contribution in [3.05, 3.63) is 36.1 Å². The van der Waals surface area contributed by atoms with Gasteiger partial charge in [-0.2, -0.15) is 13.2 Å². The fourth-order valence-corrected chi connectivity index (χ4v) is 2.48. The van der Waals surface area contributed by atoms with Crippen molar-refractivity contribution in [1.29, 1.82) is 0 Å². The van der Waals surface area contributed by atoms with Crippen molar-refractivity contribution >= 4 is 15.8 Å². The van der Waals surface area contributed by atoms with Gasteiger partial charge in [0.05, 0.1) is 4.90 Å². The zero-order chi connectivity index (χ0) is 16.4. The lowest BCUT2D eigenvalue weighted by atomic mass is 10.3. The molecule has 0 aliphatic rings. The van der Waals surface area contributed by atoms with Crippen LogP contribution in [0, 0.1) is 6.92 Å². The summed E-state index contributed by atoms with van der Waals surface area (Å²) in [5.74, 6) is 0.344. The molecule has 1 heterocycles. The zero-order valence-corrected chi connectivity index (χ0v) is 12.0. The van der Waals surface area contributed by atoms with Gasteiger partial charge in [-0.15, -0.1) is 0 Å². The fourth-order valence-electron chi connectivity index (χ4n) is 1.49. The van der Waals surface area contributed by atoms with Crippen LogP contribution in [0.15, 0.2) is 39.8 Å². The van der Waals surface area contributed by atoms with Gasteiger partial charge in [0.25, 0.3) is 10.0 Å². The number of hydrogen-bond donors (Lipinski definition) is 1. The van der Waals surface area contributed by atoms with E-state index in [1.807, 2.05) is 0 Å². The van der Waals surface area contributed by atoms with E-state index < -0.39 is 22.8 Å². The molecule has 1 aromatic heterocycles.